The van der Waals surface area contributed by atoms with Gasteiger partial charge in [-0.2, -0.15) is 0 Å². The fraction of sp³-hybridized carbons (Fsp3) is 0.294. The van der Waals surface area contributed by atoms with Gasteiger partial charge < -0.3 is 15.7 Å². The van der Waals surface area contributed by atoms with Crippen molar-refractivity contribution in [3.63, 3.8) is 0 Å². The van der Waals surface area contributed by atoms with Gasteiger partial charge in [0.1, 0.15) is 17.8 Å². The third-order valence-electron chi connectivity index (χ3n) is 4.32. The van der Waals surface area contributed by atoms with Gasteiger partial charge in [0.05, 0.1) is 10.5 Å². The van der Waals surface area contributed by atoms with E-state index in [4.69, 9.17) is 5.73 Å². The predicted octanol–water partition coefficient (Wildman–Crippen LogP) is 1.12. The molecule has 3 rings (SSSR count). The fourth-order valence-corrected chi connectivity index (χ4v) is 3.01. The molecule has 1 aliphatic rings. The van der Waals surface area contributed by atoms with E-state index in [2.05, 4.69) is 9.88 Å². The van der Waals surface area contributed by atoms with Crippen LogP contribution < -0.4 is 10.6 Å². The molecular weight excluding hydrogens is 338 g/mol. The highest BCUT2D eigenvalue weighted by molar-refractivity contribution is 5.98. The lowest BCUT2D eigenvalue weighted by Gasteiger charge is -2.35. The minimum atomic E-state index is -0.738. The molecule has 1 aliphatic heterocycles. The molecule has 1 fully saturated rings. The van der Waals surface area contributed by atoms with Crippen LogP contribution in [-0.2, 0) is 6.54 Å². The number of nitro groups is 1. The number of nitrogens with two attached hydrogens (primary N) is 1. The second-order valence-electron chi connectivity index (χ2n) is 6.12. The number of phenolic OH excluding ortho intramolecular Hbond substituents is 1. The lowest BCUT2D eigenvalue weighted by molar-refractivity contribution is -0.385. The van der Waals surface area contributed by atoms with Gasteiger partial charge in [0, 0.05) is 38.8 Å². The van der Waals surface area contributed by atoms with Gasteiger partial charge in [0.2, 0.25) is 0 Å². The Morgan fingerprint density at radius 3 is 2.62 bits per heavy atom. The number of rotatable bonds is 5. The first-order valence-electron chi connectivity index (χ1n) is 8.13. The molecule has 26 heavy (non-hydrogen) atoms. The summed E-state index contributed by atoms with van der Waals surface area (Å²) in [4.78, 5) is 30.2. The first kappa shape index (κ1) is 17.6. The summed E-state index contributed by atoms with van der Waals surface area (Å²) >= 11 is 0. The van der Waals surface area contributed by atoms with Gasteiger partial charge in [-0.15, -0.1) is 0 Å². The molecule has 9 heteroatoms. The van der Waals surface area contributed by atoms with Crippen molar-refractivity contribution in [3.05, 3.63) is 57.8 Å². The minimum Gasteiger partial charge on any atom is -0.508 e. The monoisotopic (exact) mass is 357 g/mol. The molecule has 0 saturated carbocycles. The van der Waals surface area contributed by atoms with E-state index >= 15 is 0 Å². The quantitative estimate of drug-likeness (QED) is 0.606. The van der Waals surface area contributed by atoms with Crippen LogP contribution in [0.4, 0.5) is 11.5 Å². The summed E-state index contributed by atoms with van der Waals surface area (Å²) in [6.07, 6.45) is 1.14. The molecule has 9 nitrogen and oxygen atoms in total. The Balaban J connectivity index is 1.69. The molecule has 0 aliphatic carbocycles. The molecular formula is C17H19N5O4. The highest BCUT2D eigenvalue weighted by Crippen LogP contribution is 2.24. The van der Waals surface area contributed by atoms with E-state index in [0.717, 1.165) is 24.8 Å². The van der Waals surface area contributed by atoms with Crippen LogP contribution in [-0.4, -0.2) is 52.0 Å². The number of hydrogen-bond acceptors (Lipinski definition) is 7. The van der Waals surface area contributed by atoms with Crippen LogP contribution >= 0.6 is 0 Å². The van der Waals surface area contributed by atoms with E-state index in [0.29, 0.717) is 25.5 Å². The van der Waals surface area contributed by atoms with Crippen LogP contribution in [0.25, 0.3) is 0 Å². The second kappa shape index (κ2) is 7.36. The molecule has 3 N–H and O–H groups in total. The van der Waals surface area contributed by atoms with E-state index in [1.54, 1.807) is 18.2 Å². The molecule has 2 aromatic rings. The fourth-order valence-electron chi connectivity index (χ4n) is 3.01. The van der Waals surface area contributed by atoms with Gasteiger partial charge in [-0.25, -0.2) is 4.98 Å². The van der Waals surface area contributed by atoms with E-state index in [1.807, 2.05) is 11.0 Å². The largest absolute Gasteiger partial charge is 0.508 e. The number of carbonyl (C=O) groups is 1. The Morgan fingerprint density at radius 1 is 1.27 bits per heavy atom. The number of primary amides is 1. The smallest absolute Gasteiger partial charge is 0.288 e. The number of benzene rings is 1. The Hall–Kier alpha value is -3.20. The van der Waals surface area contributed by atoms with Crippen LogP contribution in [0.3, 0.4) is 0 Å². The van der Waals surface area contributed by atoms with Gasteiger partial charge in [0.15, 0.2) is 0 Å². The highest BCUT2D eigenvalue weighted by Gasteiger charge is 2.24. The number of carbonyl (C=O) groups excluding carboxylic acids is 1. The number of phenols is 1. The Labute approximate surface area is 149 Å². The van der Waals surface area contributed by atoms with Crippen LogP contribution in [0.15, 0.2) is 36.5 Å². The molecule has 0 spiro atoms. The topological polar surface area (TPSA) is 126 Å². The number of piperazine rings is 1. The number of aromatic hydroxyl groups is 1. The van der Waals surface area contributed by atoms with Gasteiger partial charge in [-0.1, -0.05) is 12.1 Å². The van der Waals surface area contributed by atoms with E-state index < -0.39 is 10.8 Å². The third-order valence-corrected chi connectivity index (χ3v) is 4.32. The first-order valence-corrected chi connectivity index (χ1v) is 8.13. The van der Waals surface area contributed by atoms with Crippen LogP contribution in [0, 0.1) is 10.1 Å². The molecule has 1 saturated heterocycles. The zero-order valence-corrected chi connectivity index (χ0v) is 14.0. The molecule has 1 aromatic carbocycles. The summed E-state index contributed by atoms with van der Waals surface area (Å²) in [5.41, 5.74) is 6.19. The van der Waals surface area contributed by atoms with Crippen molar-refractivity contribution in [2.24, 2.45) is 5.73 Å². The number of nitrogens with zero attached hydrogens (tertiary/aromatic N) is 4. The predicted molar refractivity (Wildman–Crippen MR) is 95.0 cm³/mol. The van der Waals surface area contributed by atoms with Gasteiger partial charge in [-0.3, -0.25) is 19.8 Å². The van der Waals surface area contributed by atoms with Crippen molar-refractivity contribution in [2.45, 2.75) is 6.54 Å². The molecule has 1 aromatic heterocycles. The van der Waals surface area contributed by atoms with Crippen LogP contribution in [0.5, 0.6) is 5.75 Å². The molecule has 2 heterocycles. The maximum atomic E-state index is 11.7. The maximum absolute atomic E-state index is 11.7. The van der Waals surface area contributed by atoms with Gasteiger partial charge in [0.25, 0.3) is 11.6 Å². The zero-order valence-electron chi connectivity index (χ0n) is 14.0. The lowest BCUT2D eigenvalue weighted by Crippen LogP contribution is -2.46. The third kappa shape index (κ3) is 3.89. The number of amides is 1. The standard InChI is InChI=1S/C17H19N5O4/c18-16(24)15-9-13(22(25)26)10-19-17(15)21-6-4-20(5-7-21)11-12-2-1-3-14(23)8-12/h1-3,8-10,23H,4-7,11H2,(H2,18,24). The van der Waals surface area contributed by atoms with Crippen molar-refractivity contribution in [1.82, 2.24) is 9.88 Å². The minimum absolute atomic E-state index is 0.0561. The summed E-state index contributed by atoms with van der Waals surface area (Å²) in [5.74, 6) is -0.124. The first-order chi connectivity index (χ1) is 12.4. The molecule has 0 bridgehead atoms. The van der Waals surface area contributed by atoms with E-state index in [9.17, 15) is 20.0 Å². The van der Waals surface area contributed by atoms with Crippen molar-refractivity contribution in [2.75, 3.05) is 31.1 Å². The summed E-state index contributed by atoms with van der Waals surface area (Å²) in [7, 11) is 0. The summed E-state index contributed by atoms with van der Waals surface area (Å²) < 4.78 is 0. The molecule has 0 atom stereocenters. The summed E-state index contributed by atoms with van der Waals surface area (Å²) in [5, 5.41) is 20.4. The summed E-state index contributed by atoms with van der Waals surface area (Å²) in [6, 6.07) is 8.29. The Morgan fingerprint density at radius 2 is 2.00 bits per heavy atom. The van der Waals surface area contributed by atoms with Gasteiger partial charge in [-0.05, 0) is 17.7 Å². The van der Waals surface area contributed by atoms with Crippen LogP contribution in [0.2, 0.25) is 0 Å². The number of aromatic nitrogens is 1. The SMILES string of the molecule is NC(=O)c1cc([N+](=O)[O-])cnc1N1CCN(Cc2cccc(O)c2)CC1. The van der Waals surface area contributed by atoms with Crippen molar-refractivity contribution < 1.29 is 14.8 Å². The molecule has 136 valence electrons. The molecule has 0 radical (unpaired) electrons. The highest BCUT2D eigenvalue weighted by atomic mass is 16.6. The van der Waals surface area contributed by atoms with E-state index in [1.165, 1.54) is 6.07 Å². The summed E-state index contributed by atoms with van der Waals surface area (Å²) in [6.45, 7) is 3.39. The maximum Gasteiger partial charge on any atom is 0.288 e. The number of hydrogen-bond donors (Lipinski definition) is 2. The normalized spacial score (nSPS) is 15.0. The molecule has 0 unspecified atom stereocenters. The van der Waals surface area contributed by atoms with Crippen LogP contribution in [0.1, 0.15) is 15.9 Å². The van der Waals surface area contributed by atoms with Crippen molar-refractivity contribution >= 4 is 17.4 Å². The lowest BCUT2D eigenvalue weighted by atomic mass is 10.1. The van der Waals surface area contributed by atoms with Crippen molar-refractivity contribution in [3.8, 4) is 5.75 Å². The van der Waals surface area contributed by atoms with Gasteiger partial charge >= 0.3 is 0 Å². The Kier molecular flexibility index (Phi) is 4.99. The Bertz CT molecular complexity index is 834. The van der Waals surface area contributed by atoms with Crippen molar-refractivity contribution in [1.29, 1.82) is 0 Å². The van der Waals surface area contributed by atoms with E-state index in [-0.39, 0.29) is 17.0 Å². The number of anilines is 1. The zero-order chi connectivity index (χ0) is 18.7. The second-order valence-corrected chi connectivity index (χ2v) is 6.12. The number of pyridine rings is 1. The average molecular weight is 357 g/mol. The average Bonchev–Trinajstić information content (AvgIpc) is 2.62. The molecule has 1 amide bonds.